The third kappa shape index (κ3) is 3.21. The fourth-order valence-electron chi connectivity index (χ4n) is 3.66. The third-order valence-electron chi connectivity index (χ3n) is 4.99. The Morgan fingerprint density at radius 2 is 2.12 bits per heavy atom. The van der Waals surface area contributed by atoms with Gasteiger partial charge >= 0.3 is 15.0 Å². The highest BCUT2D eigenvalue weighted by atomic mass is 32.2. The summed E-state index contributed by atoms with van der Waals surface area (Å²) in [6.45, 7) is 4.09. The van der Waals surface area contributed by atoms with Crippen LogP contribution in [-0.4, -0.2) is 54.5 Å². The van der Waals surface area contributed by atoms with Gasteiger partial charge in [0.1, 0.15) is 6.04 Å². The molecular formula is C17H23N3O5S. The Morgan fingerprint density at radius 3 is 2.77 bits per heavy atom. The molecule has 3 heterocycles. The van der Waals surface area contributed by atoms with Gasteiger partial charge in [-0.05, 0) is 24.8 Å². The molecule has 1 amide bonds. The lowest BCUT2D eigenvalue weighted by atomic mass is 10.1. The van der Waals surface area contributed by atoms with Crippen molar-refractivity contribution in [1.29, 1.82) is 0 Å². The summed E-state index contributed by atoms with van der Waals surface area (Å²) >= 11 is 0. The van der Waals surface area contributed by atoms with Gasteiger partial charge in [0.2, 0.25) is 5.91 Å². The molecule has 1 aromatic heterocycles. The van der Waals surface area contributed by atoms with Gasteiger partial charge in [0.25, 0.3) is 0 Å². The lowest BCUT2D eigenvalue weighted by Crippen LogP contribution is -2.45. The number of carbonyl (C=O) groups is 2. The molecule has 2 saturated heterocycles. The fraction of sp³-hybridized carbons (Fsp3) is 0.588. The lowest BCUT2D eigenvalue weighted by Gasteiger charge is -2.24. The predicted octanol–water partition coefficient (Wildman–Crippen LogP) is 0.299. The minimum Gasteiger partial charge on any atom is -0.618 e. The first-order chi connectivity index (χ1) is 12.2. The molecule has 26 heavy (non-hydrogen) atoms. The van der Waals surface area contributed by atoms with Crippen LogP contribution in [0.5, 0.6) is 0 Å². The van der Waals surface area contributed by atoms with E-state index in [2.05, 4.69) is 0 Å². The molecule has 0 aliphatic carbocycles. The maximum absolute atomic E-state index is 12.9. The van der Waals surface area contributed by atoms with Gasteiger partial charge in [0.15, 0.2) is 12.0 Å². The monoisotopic (exact) mass is 381 g/mol. The summed E-state index contributed by atoms with van der Waals surface area (Å²) in [6, 6.07) is 2.78. The van der Waals surface area contributed by atoms with Crippen LogP contribution in [0.25, 0.3) is 0 Å². The van der Waals surface area contributed by atoms with Gasteiger partial charge < -0.3 is 10.1 Å². The van der Waals surface area contributed by atoms with Crippen molar-refractivity contribution in [3.8, 4) is 0 Å². The molecule has 0 N–H and O–H groups in total. The van der Waals surface area contributed by atoms with Crippen molar-refractivity contribution >= 4 is 21.7 Å². The molecule has 0 saturated carbocycles. The molecule has 2 aliphatic heterocycles. The number of hydrogen-bond donors (Lipinski definition) is 0. The van der Waals surface area contributed by atoms with E-state index in [9.17, 15) is 23.2 Å². The predicted molar refractivity (Wildman–Crippen MR) is 92.3 cm³/mol. The molecule has 0 radical (unpaired) electrons. The minimum absolute atomic E-state index is 0.114. The number of sulfonamides is 1. The molecule has 2 unspecified atom stereocenters. The van der Waals surface area contributed by atoms with Crippen LogP contribution in [0.3, 0.4) is 0 Å². The Kier molecular flexibility index (Phi) is 5.03. The number of carbonyl (C=O) groups excluding carboxylic acids is 2. The van der Waals surface area contributed by atoms with E-state index in [4.69, 9.17) is 0 Å². The summed E-state index contributed by atoms with van der Waals surface area (Å²) in [5.74, 6) is -0.0289. The van der Waals surface area contributed by atoms with Crippen LogP contribution in [0, 0.1) is 11.1 Å². The van der Waals surface area contributed by atoms with E-state index < -0.39 is 27.1 Å². The molecule has 2 fully saturated rings. The van der Waals surface area contributed by atoms with E-state index in [1.54, 1.807) is 0 Å². The number of hydrogen-bond acceptors (Lipinski definition) is 5. The summed E-state index contributed by atoms with van der Waals surface area (Å²) in [6.07, 6.45) is 2.58. The third-order valence-corrected chi connectivity index (χ3v) is 6.86. The molecule has 0 aromatic carbocycles. The zero-order valence-corrected chi connectivity index (χ0v) is 15.7. The van der Waals surface area contributed by atoms with E-state index in [1.165, 1.54) is 23.1 Å². The average Bonchev–Trinajstić information content (AvgIpc) is 3.14. The first-order valence-electron chi connectivity index (χ1n) is 8.75. The van der Waals surface area contributed by atoms with Crippen LogP contribution in [0.2, 0.25) is 0 Å². The van der Waals surface area contributed by atoms with Crippen molar-refractivity contribution in [2.75, 3.05) is 13.1 Å². The largest absolute Gasteiger partial charge is 0.618 e. The van der Waals surface area contributed by atoms with Gasteiger partial charge in [-0.3, -0.25) is 9.59 Å². The zero-order valence-electron chi connectivity index (χ0n) is 14.9. The number of likely N-dealkylation sites (tertiary alicyclic amines) is 1. The molecule has 2 atom stereocenters. The number of ketones is 1. The topological polar surface area (TPSA) is 102 Å². The van der Waals surface area contributed by atoms with E-state index in [1.807, 2.05) is 13.8 Å². The summed E-state index contributed by atoms with van der Waals surface area (Å²) in [5, 5.41) is 11.5. The van der Waals surface area contributed by atoms with Crippen LogP contribution in [0.15, 0.2) is 29.4 Å². The van der Waals surface area contributed by atoms with E-state index in [0.29, 0.717) is 25.3 Å². The summed E-state index contributed by atoms with van der Waals surface area (Å²) in [4.78, 5) is 26.5. The van der Waals surface area contributed by atoms with Crippen LogP contribution in [0.4, 0.5) is 0 Å². The summed E-state index contributed by atoms with van der Waals surface area (Å²) in [5.41, 5.74) is 0. The number of aromatic nitrogens is 1. The van der Waals surface area contributed by atoms with Gasteiger partial charge in [-0.15, -0.1) is 0 Å². The van der Waals surface area contributed by atoms with Gasteiger partial charge in [0.05, 0.1) is 12.6 Å². The van der Waals surface area contributed by atoms with Gasteiger partial charge in [-0.2, -0.15) is 9.04 Å². The Hall–Kier alpha value is -2.00. The van der Waals surface area contributed by atoms with Crippen molar-refractivity contribution in [3.63, 3.8) is 0 Å². The molecule has 2 aliphatic rings. The second-order valence-corrected chi connectivity index (χ2v) is 9.04. The number of fused-ring (bicyclic) bond motifs is 1. The van der Waals surface area contributed by atoms with Crippen molar-refractivity contribution in [1.82, 2.24) is 9.21 Å². The van der Waals surface area contributed by atoms with E-state index in [0.717, 1.165) is 16.9 Å². The first-order valence-corrected chi connectivity index (χ1v) is 10.2. The highest BCUT2D eigenvalue weighted by Crippen LogP contribution is 2.33. The minimum atomic E-state index is -4.11. The molecule has 8 nitrogen and oxygen atoms in total. The average molecular weight is 381 g/mol. The molecule has 1 aromatic rings. The first kappa shape index (κ1) is 18.8. The Morgan fingerprint density at radius 1 is 1.38 bits per heavy atom. The second-order valence-electron chi connectivity index (χ2n) is 7.20. The maximum atomic E-state index is 12.9. The lowest BCUT2D eigenvalue weighted by molar-refractivity contribution is -0.646. The van der Waals surface area contributed by atoms with Crippen LogP contribution < -0.4 is 4.73 Å². The Balaban J connectivity index is 1.83. The molecule has 0 spiro atoms. The van der Waals surface area contributed by atoms with Crippen molar-refractivity contribution in [2.45, 2.75) is 50.2 Å². The van der Waals surface area contributed by atoms with Crippen molar-refractivity contribution < 1.29 is 22.7 Å². The van der Waals surface area contributed by atoms with Crippen molar-refractivity contribution in [2.24, 2.45) is 5.92 Å². The van der Waals surface area contributed by atoms with E-state index >= 15 is 0 Å². The Labute approximate surface area is 153 Å². The quantitative estimate of drug-likeness (QED) is 0.539. The molecular weight excluding hydrogens is 358 g/mol. The van der Waals surface area contributed by atoms with E-state index in [-0.39, 0.29) is 23.0 Å². The highest BCUT2D eigenvalue weighted by Gasteiger charge is 2.54. The number of amides is 1. The van der Waals surface area contributed by atoms with Crippen molar-refractivity contribution in [3.05, 3.63) is 29.6 Å². The fourth-order valence-corrected chi connectivity index (χ4v) is 5.32. The highest BCUT2D eigenvalue weighted by molar-refractivity contribution is 7.89. The normalized spacial score (nSPS) is 23.7. The second kappa shape index (κ2) is 6.96. The number of pyridine rings is 1. The maximum Gasteiger partial charge on any atom is 0.323 e. The molecule has 0 bridgehead atoms. The molecule has 142 valence electrons. The summed E-state index contributed by atoms with van der Waals surface area (Å²) < 4.78 is 27.1. The number of nitrogens with zero attached hydrogens (tertiary/aromatic N) is 3. The van der Waals surface area contributed by atoms with Crippen LogP contribution in [-0.2, 0) is 19.6 Å². The molecule has 3 rings (SSSR count). The summed E-state index contributed by atoms with van der Waals surface area (Å²) in [7, 11) is -4.11. The number of Topliss-reactive ketones (excluding diaryl/α,β-unsaturated/α-hetero) is 1. The smallest absolute Gasteiger partial charge is 0.323 e. The molecule has 9 heteroatoms. The van der Waals surface area contributed by atoms with Gasteiger partial charge in [0, 0.05) is 25.1 Å². The Bertz CT molecular complexity index is 823. The SMILES string of the molecule is CC(C)CCC(=O)N1CCC2C1C(=O)CN2S(=O)(=O)c1cccc[n+]1[O-]. The number of rotatable bonds is 5. The zero-order chi connectivity index (χ0) is 19.1. The van der Waals surface area contributed by atoms with Crippen LogP contribution in [0.1, 0.15) is 33.1 Å². The van der Waals surface area contributed by atoms with Crippen LogP contribution >= 0.6 is 0 Å². The van der Waals surface area contributed by atoms with Gasteiger partial charge in [-0.1, -0.05) is 13.8 Å². The van der Waals surface area contributed by atoms with Gasteiger partial charge in [-0.25, -0.2) is 8.42 Å². The standard InChI is InChI=1S/C17H23N3O5S/c1-12(2)6-7-15(22)18-10-8-13-17(18)14(21)11-20(13)26(24,25)16-5-3-4-9-19(16)23/h3-5,9,12-13,17H,6-8,10-11H2,1-2H3.